The smallest absolute Gasteiger partial charge is 0.191 e. The lowest BCUT2D eigenvalue weighted by molar-refractivity contribution is 0.336. The Bertz CT molecular complexity index is 671. The Morgan fingerprint density at radius 1 is 1.28 bits per heavy atom. The first kappa shape index (κ1) is 19.8. The van der Waals surface area contributed by atoms with Crippen LogP contribution >= 0.6 is 35.3 Å². The zero-order chi connectivity index (χ0) is 16.8. The van der Waals surface area contributed by atoms with E-state index in [0.29, 0.717) is 19.1 Å². The van der Waals surface area contributed by atoms with Gasteiger partial charge >= 0.3 is 0 Å². The first-order chi connectivity index (χ1) is 11.8. The number of anilines is 1. The second-order valence-electron chi connectivity index (χ2n) is 5.50. The number of aromatic nitrogens is 1. The van der Waals surface area contributed by atoms with E-state index in [1.165, 1.54) is 0 Å². The van der Waals surface area contributed by atoms with Crippen molar-refractivity contribution in [3.8, 4) is 5.75 Å². The van der Waals surface area contributed by atoms with Gasteiger partial charge < -0.3 is 20.3 Å². The second-order valence-corrected chi connectivity index (χ2v) is 6.38. The molecule has 25 heavy (non-hydrogen) atoms. The van der Waals surface area contributed by atoms with Crippen LogP contribution in [0.3, 0.4) is 0 Å². The molecular weight excluding hydrogens is 449 g/mol. The van der Waals surface area contributed by atoms with Crippen molar-refractivity contribution in [2.75, 3.05) is 37.7 Å². The third-order valence-electron chi connectivity index (χ3n) is 3.98. The van der Waals surface area contributed by atoms with Gasteiger partial charge in [0.25, 0.3) is 0 Å². The summed E-state index contributed by atoms with van der Waals surface area (Å²) in [5.41, 5.74) is 7.25. The minimum Gasteiger partial charge on any atom is -0.494 e. The van der Waals surface area contributed by atoms with Crippen molar-refractivity contribution in [2.24, 2.45) is 10.7 Å². The van der Waals surface area contributed by atoms with Crippen LogP contribution < -0.4 is 15.4 Å². The fourth-order valence-corrected chi connectivity index (χ4v) is 3.39. The van der Waals surface area contributed by atoms with Gasteiger partial charge in [-0.05, 0) is 13.0 Å². The molecule has 1 aromatic heterocycles. The average Bonchev–Trinajstić information content (AvgIpc) is 3.16. The summed E-state index contributed by atoms with van der Waals surface area (Å²) in [6, 6.07) is 7.97. The van der Waals surface area contributed by atoms with Gasteiger partial charge in [0.2, 0.25) is 0 Å². The summed E-state index contributed by atoms with van der Waals surface area (Å²) < 4.78 is 5.63. The summed E-state index contributed by atoms with van der Waals surface area (Å²) in [6.45, 7) is 6.72. The minimum absolute atomic E-state index is 0. The van der Waals surface area contributed by atoms with Crippen LogP contribution in [0, 0.1) is 0 Å². The maximum atomic E-state index is 6.19. The van der Waals surface area contributed by atoms with Crippen molar-refractivity contribution < 1.29 is 4.74 Å². The highest BCUT2D eigenvalue weighted by Crippen LogP contribution is 2.20. The number of nitrogens with two attached hydrogens (primary N) is 1. The summed E-state index contributed by atoms with van der Waals surface area (Å²) >= 11 is 1.67. The van der Waals surface area contributed by atoms with Crippen molar-refractivity contribution in [1.82, 2.24) is 9.88 Å². The van der Waals surface area contributed by atoms with E-state index in [-0.39, 0.29) is 24.0 Å². The number of guanidine groups is 1. The van der Waals surface area contributed by atoms with E-state index in [9.17, 15) is 0 Å². The van der Waals surface area contributed by atoms with Gasteiger partial charge in [0, 0.05) is 43.3 Å². The lowest BCUT2D eigenvalue weighted by Crippen LogP contribution is -2.51. The molecule has 0 bridgehead atoms. The van der Waals surface area contributed by atoms with Crippen molar-refractivity contribution in [2.45, 2.75) is 13.5 Å². The average molecular weight is 473 g/mol. The number of benzene rings is 1. The van der Waals surface area contributed by atoms with Crippen LogP contribution in [-0.4, -0.2) is 48.6 Å². The molecule has 3 rings (SSSR count). The first-order valence-corrected chi connectivity index (χ1v) is 9.06. The summed E-state index contributed by atoms with van der Waals surface area (Å²) in [4.78, 5) is 13.3. The molecule has 6 nitrogen and oxygen atoms in total. The number of ether oxygens (including phenoxy) is 1. The van der Waals surface area contributed by atoms with Gasteiger partial charge in [-0.15, -0.1) is 35.3 Å². The molecule has 0 amide bonds. The van der Waals surface area contributed by atoms with E-state index in [0.717, 1.165) is 42.6 Å². The van der Waals surface area contributed by atoms with Crippen molar-refractivity contribution in [1.29, 1.82) is 0 Å². The van der Waals surface area contributed by atoms with Gasteiger partial charge in [-0.25, -0.2) is 9.98 Å². The second kappa shape index (κ2) is 9.81. The molecule has 2 aromatic rings. The highest BCUT2D eigenvalue weighted by atomic mass is 127. The van der Waals surface area contributed by atoms with Crippen LogP contribution in [-0.2, 0) is 6.54 Å². The van der Waals surface area contributed by atoms with E-state index in [1.54, 1.807) is 11.3 Å². The summed E-state index contributed by atoms with van der Waals surface area (Å²) in [7, 11) is 0. The summed E-state index contributed by atoms with van der Waals surface area (Å²) in [5.74, 6) is 1.48. The predicted octanol–water partition coefficient (Wildman–Crippen LogP) is 2.80. The highest BCUT2D eigenvalue weighted by molar-refractivity contribution is 14.0. The van der Waals surface area contributed by atoms with Crippen molar-refractivity contribution in [3.05, 3.63) is 41.4 Å². The molecule has 8 heteroatoms. The number of nitrogens with zero attached hydrogens (tertiary/aromatic N) is 4. The topological polar surface area (TPSA) is 67.0 Å². The molecule has 2 heterocycles. The Hall–Kier alpha value is -1.55. The molecule has 0 saturated carbocycles. The summed E-state index contributed by atoms with van der Waals surface area (Å²) in [5, 5.41) is 3.09. The van der Waals surface area contributed by atoms with Gasteiger partial charge in [-0.2, -0.15) is 0 Å². The van der Waals surface area contributed by atoms with Gasteiger partial charge in [0.1, 0.15) is 5.75 Å². The molecule has 0 radical (unpaired) electrons. The fraction of sp³-hybridized carbons (Fsp3) is 0.412. The quantitative estimate of drug-likeness (QED) is 0.411. The van der Waals surface area contributed by atoms with Crippen LogP contribution in [0.5, 0.6) is 5.75 Å². The third kappa shape index (κ3) is 5.21. The number of piperazine rings is 1. The number of hydrogen-bond donors (Lipinski definition) is 1. The molecule has 136 valence electrons. The zero-order valence-corrected chi connectivity index (χ0v) is 17.4. The minimum atomic E-state index is 0. The lowest BCUT2D eigenvalue weighted by atomic mass is 10.2. The monoisotopic (exact) mass is 473 g/mol. The first-order valence-electron chi connectivity index (χ1n) is 8.18. The number of halogens is 1. The van der Waals surface area contributed by atoms with Gasteiger partial charge in [0.05, 0.1) is 13.2 Å². The van der Waals surface area contributed by atoms with E-state index in [4.69, 9.17) is 10.5 Å². The normalized spacial score (nSPS) is 15.0. The highest BCUT2D eigenvalue weighted by Gasteiger charge is 2.19. The molecular formula is C17H24IN5OS. The zero-order valence-electron chi connectivity index (χ0n) is 14.3. The lowest BCUT2D eigenvalue weighted by Gasteiger charge is -2.35. The number of thiazole rings is 1. The Labute approximate surface area is 169 Å². The molecule has 1 aliphatic rings. The molecule has 2 N–H and O–H groups in total. The Balaban J connectivity index is 0.00000225. The summed E-state index contributed by atoms with van der Waals surface area (Å²) in [6.07, 6.45) is 1.85. The Morgan fingerprint density at radius 3 is 2.72 bits per heavy atom. The maximum absolute atomic E-state index is 6.19. The Kier molecular flexibility index (Phi) is 7.76. The predicted molar refractivity (Wildman–Crippen MR) is 114 cm³/mol. The van der Waals surface area contributed by atoms with Gasteiger partial charge in [-0.3, -0.25) is 0 Å². The largest absolute Gasteiger partial charge is 0.494 e. The third-order valence-corrected chi connectivity index (χ3v) is 4.81. The molecule has 1 saturated heterocycles. The van der Waals surface area contributed by atoms with Crippen LogP contribution in [0.1, 0.15) is 12.5 Å². The van der Waals surface area contributed by atoms with Gasteiger partial charge in [0.15, 0.2) is 11.1 Å². The molecule has 0 atom stereocenters. The molecule has 1 fully saturated rings. The van der Waals surface area contributed by atoms with E-state index >= 15 is 0 Å². The molecule has 0 aliphatic carbocycles. The number of aliphatic imine (C=N–C) groups is 1. The van der Waals surface area contributed by atoms with E-state index in [2.05, 4.69) is 19.8 Å². The molecule has 1 aliphatic heterocycles. The Morgan fingerprint density at radius 2 is 2.04 bits per heavy atom. The maximum Gasteiger partial charge on any atom is 0.191 e. The van der Waals surface area contributed by atoms with Crippen LogP contribution in [0.25, 0.3) is 0 Å². The van der Waals surface area contributed by atoms with Crippen LogP contribution in [0.2, 0.25) is 0 Å². The van der Waals surface area contributed by atoms with Crippen LogP contribution in [0.15, 0.2) is 40.8 Å². The van der Waals surface area contributed by atoms with E-state index < -0.39 is 0 Å². The van der Waals surface area contributed by atoms with Crippen LogP contribution in [0.4, 0.5) is 5.13 Å². The van der Waals surface area contributed by atoms with E-state index in [1.807, 2.05) is 42.8 Å². The fourth-order valence-electron chi connectivity index (χ4n) is 2.70. The number of para-hydroxylation sites is 1. The molecule has 1 aromatic carbocycles. The standard InChI is InChI=1S/C17H23N5OS.HI/c1-2-23-15-6-4-3-5-14(15)13-20-16(18)21-8-10-22(11-9-21)17-19-7-12-24-17;/h3-7,12H,2,8-11,13H2,1H3,(H2,18,20);1H. The molecule has 0 unspecified atom stereocenters. The SMILES string of the molecule is CCOc1ccccc1CN=C(N)N1CCN(c2nccs2)CC1.I. The van der Waals surface area contributed by atoms with Crippen molar-refractivity contribution in [3.63, 3.8) is 0 Å². The molecule has 0 spiro atoms. The van der Waals surface area contributed by atoms with Crippen molar-refractivity contribution >= 4 is 46.4 Å². The number of rotatable bonds is 5. The van der Waals surface area contributed by atoms with Gasteiger partial charge in [-0.1, -0.05) is 18.2 Å². The number of hydrogen-bond acceptors (Lipinski definition) is 5.